The zero-order valence-corrected chi connectivity index (χ0v) is 12.0. The van der Waals surface area contributed by atoms with Crippen LogP contribution >= 0.6 is 11.3 Å². The van der Waals surface area contributed by atoms with Crippen LogP contribution in [0.4, 0.5) is 8.78 Å². The van der Waals surface area contributed by atoms with Gasteiger partial charge in [0.1, 0.15) is 0 Å². The molecule has 1 aliphatic carbocycles. The van der Waals surface area contributed by atoms with Gasteiger partial charge in [0.15, 0.2) is 11.6 Å². The van der Waals surface area contributed by atoms with Crippen LogP contribution in [0.5, 0.6) is 0 Å². The molecule has 0 amide bonds. The normalized spacial score (nSPS) is 16.6. The number of nitrogens with two attached hydrogens (primary N) is 1. The van der Waals surface area contributed by atoms with Gasteiger partial charge in [-0.05, 0) is 55.0 Å². The highest BCUT2D eigenvalue weighted by atomic mass is 32.1. The first-order valence-corrected chi connectivity index (χ1v) is 7.79. The van der Waals surface area contributed by atoms with E-state index in [-0.39, 0.29) is 6.04 Å². The molecule has 106 valence electrons. The Balaban J connectivity index is 1.90. The minimum Gasteiger partial charge on any atom is -0.320 e. The third-order valence-corrected chi connectivity index (χ3v) is 5.20. The van der Waals surface area contributed by atoms with E-state index in [1.54, 1.807) is 17.4 Å². The van der Waals surface area contributed by atoms with Crippen LogP contribution < -0.4 is 5.73 Å². The van der Waals surface area contributed by atoms with Crippen LogP contribution in [-0.2, 0) is 12.8 Å². The molecule has 0 bridgehead atoms. The Hall–Kier alpha value is -1.26. The molecule has 0 spiro atoms. The molecule has 1 unspecified atom stereocenters. The highest BCUT2D eigenvalue weighted by molar-refractivity contribution is 7.12. The molecule has 0 fully saturated rings. The van der Waals surface area contributed by atoms with E-state index in [0.29, 0.717) is 5.56 Å². The highest BCUT2D eigenvalue weighted by Crippen LogP contribution is 2.34. The summed E-state index contributed by atoms with van der Waals surface area (Å²) in [5, 5.41) is 0. The average molecular weight is 293 g/mol. The Morgan fingerprint density at radius 2 is 1.80 bits per heavy atom. The van der Waals surface area contributed by atoms with Gasteiger partial charge < -0.3 is 5.73 Å². The Labute approximate surface area is 121 Å². The van der Waals surface area contributed by atoms with Gasteiger partial charge in [0.05, 0.1) is 6.04 Å². The molecule has 1 atom stereocenters. The lowest BCUT2D eigenvalue weighted by molar-refractivity contribution is 0.506. The predicted molar refractivity (Wildman–Crippen MR) is 78.0 cm³/mol. The van der Waals surface area contributed by atoms with E-state index < -0.39 is 11.6 Å². The minimum absolute atomic E-state index is 0.373. The number of halogens is 2. The lowest BCUT2D eigenvalue weighted by Crippen LogP contribution is -2.10. The van der Waals surface area contributed by atoms with Crippen molar-refractivity contribution in [1.82, 2.24) is 0 Å². The second kappa shape index (κ2) is 5.62. The van der Waals surface area contributed by atoms with Crippen molar-refractivity contribution < 1.29 is 8.78 Å². The SMILES string of the molecule is NC(c1ccc(F)c(F)c1)c1cc2c(s1)CCCCC2. The van der Waals surface area contributed by atoms with Gasteiger partial charge in [-0.1, -0.05) is 12.5 Å². The molecule has 0 aliphatic heterocycles. The van der Waals surface area contributed by atoms with Gasteiger partial charge in [0.25, 0.3) is 0 Å². The van der Waals surface area contributed by atoms with Crippen molar-refractivity contribution in [2.75, 3.05) is 0 Å². The first-order valence-electron chi connectivity index (χ1n) is 6.97. The van der Waals surface area contributed by atoms with Crippen molar-refractivity contribution in [1.29, 1.82) is 0 Å². The summed E-state index contributed by atoms with van der Waals surface area (Å²) in [6, 6.07) is 5.68. The third-order valence-electron chi connectivity index (χ3n) is 3.87. The van der Waals surface area contributed by atoms with Crippen LogP contribution in [0, 0.1) is 11.6 Å². The van der Waals surface area contributed by atoms with Crippen LogP contribution in [0.2, 0.25) is 0 Å². The summed E-state index contributed by atoms with van der Waals surface area (Å²) >= 11 is 1.72. The van der Waals surface area contributed by atoms with E-state index >= 15 is 0 Å². The molecule has 0 saturated heterocycles. The molecule has 0 radical (unpaired) electrons. The van der Waals surface area contributed by atoms with Gasteiger partial charge in [0.2, 0.25) is 0 Å². The van der Waals surface area contributed by atoms with Crippen LogP contribution in [0.15, 0.2) is 24.3 Å². The maximum absolute atomic E-state index is 13.3. The van der Waals surface area contributed by atoms with Crippen LogP contribution in [0.3, 0.4) is 0 Å². The quantitative estimate of drug-likeness (QED) is 0.819. The summed E-state index contributed by atoms with van der Waals surface area (Å²) in [7, 11) is 0. The molecule has 1 aliphatic rings. The van der Waals surface area contributed by atoms with Gasteiger partial charge >= 0.3 is 0 Å². The maximum Gasteiger partial charge on any atom is 0.159 e. The molecular weight excluding hydrogens is 276 g/mol. The Kier molecular flexibility index (Phi) is 3.85. The van der Waals surface area contributed by atoms with E-state index in [4.69, 9.17) is 5.73 Å². The number of aryl methyl sites for hydroxylation is 2. The lowest BCUT2D eigenvalue weighted by atomic mass is 10.0. The zero-order valence-electron chi connectivity index (χ0n) is 11.2. The van der Waals surface area contributed by atoms with Crippen molar-refractivity contribution in [3.63, 3.8) is 0 Å². The van der Waals surface area contributed by atoms with Crippen LogP contribution in [0.1, 0.15) is 46.2 Å². The summed E-state index contributed by atoms with van der Waals surface area (Å²) < 4.78 is 26.3. The first kappa shape index (κ1) is 13.7. The van der Waals surface area contributed by atoms with Gasteiger partial charge in [0, 0.05) is 9.75 Å². The van der Waals surface area contributed by atoms with E-state index in [9.17, 15) is 8.78 Å². The number of fused-ring (bicyclic) bond motifs is 1. The summed E-state index contributed by atoms with van der Waals surface area (Å²) in [5.74, 6) is -1.67. The van der Waals surface area contributed by atoms with E-state index in [1.165, 1.54) is 35.8 Å². The van der Waals surface area contributed by atoms with Crippen molar-refractivity contribution in [2.45, 2.75) is 38.1 Å². The second-order valence-electron chi connectivity index (χ2n) is 5.31. The second-order valence-corrected chi connectivity index (χ2v) is 6.48. The fourth-order valence-corrected chi connectivity index (χ4v) is 4.00. The molecule has 20 heavy (non-hydrogen) atoms. The fraction of sp³-hybridized carbons (Fsp3) is 0.375. The van der Waals surface area contributed by atoms with Crippen molar-refractivity contribution >= 4 is 11.3 Å². The van der Waals surface area contributed by atoms with Gasteiger partial charge in [-0.15, -0.1) is 11.3 Å². The van der Waals surface area contributed by atoms with Gasteiger partial charge in [-0.25, -0.2) is 8.78 Å². The fourth-order valence-electron chi connectivity index (χ4n) is 2.71. The molecular formula is C16H17F2NS. The zero-order chi connectivity index (χ0) is 14.1. The molecule has 0 saturated carbocycles. The van der Waals surface area contributed by atoms with E-state index in [1.807, 2.05) is 0 Å². The largest absolute Gasteiger partial charge is 0.320 e. The lowest BCUT2D eigenvalue weighted by Gasteiger charge is -2.10. The Morgan fingerprint density at radius 1 is 1.00 bits per heavy atom. The number of thiophene rings is 1. The Bertz CT molecular complexity index is 597. The highest BCUT2D eigenvalue weighted by Gasteiger charge is 2.18. The summed E-state index contributed by atoms with van der Waals surface area (Å²) in [6.45, 7) is 0. The third kappa shape index (κ3) is 2.63. The molecule has 1 nitrogen and oxygen atoms in total. The predicted octanol–water partition coefficient (Wildman–Crippen LogP) is 4.34. The number of hydrogen-bond acceptors (Lipinski definition) is 2. The molecule has 2 N–H and O–H groups in total. The number of benzene rings is 1. The standard InChI is InChI=1S/C16H17F2NS/c17-12-7-6-11(8-13(12)18)16(19)15-9-10-4-2-1-3-5-14(10)20-15/h6-9,16H,1-5,19H2. The number of hydrogen-bond donors (Lipinski definition) is 1. The van der Waals surface area contributed by atoms with Crippen molar-refractivity contribution in [3.8, 4) is 0 Å². The maximum atomic E-state index is 13.3. The average Bonchev–Trinajstić information content (AvgIpc) is 2.72. The van der Waals surface area contributed by atoms with Crippen molar-refractivity contribution in [2.24, 2.45) is 5.73 Å². The monoisotopic (exact) mass is 293 g/mol. The van der Waals surface area contributed by atoms with E-state index in [0.717, 1.165) is 23.8 Å². The topological polar surface area (TPSA) is 26.0 Å². The van der Waals surface area contributed by atoms with E-state index in [2.05, 4.69) is 6.07 Å². The number of rotatable bonds is 2. The molecule has 1 aromatic carbocycles. The molecule has 4 heteroatoms. The molecule has 1 heterocycles. The Morgan fingerprint density at radius 3 is 2.60 bits per heavy atom. The summed E-state index contributed by atoms with van der Waals surface area (Å²) in [5.41, 5.74) is 8.22. The smallest absolute Gasteiger partial charge is 0.159 e. The van der Waals surface area contributed by atoms with Crippen molar-refractivity contribution in [3.05, 3.63) is 56.8 Å². The molecule has 3 rings (SSSR count). The molecule has 1 aromatic heterocycles. The first-order chi connectivity index (χ1) is 9.65. The molecule has 2 aromatic rings. The summed E-state index contributed by atoms with van der Waals surface area (Å²) in [6.07, 6.45) is 5.96. The minimum atomic E-state index is -0.837. The van der Waals surface area contributed by atoms with Gasteiger partial charge in [-0.3, -0.25) is 0 Å². The van der Waals surface area contributed by atoms with Crippen LogP contribution in [-0.4, -0.2) is 0 Å². The summed E-state index contributed by atoms with van der Waals surface area (Å²) in [4.78, 5) is 2.46. The van der Waals surface area contributed by atoms with Crippen LogP contribution in [0.25, 0.3) is 0 Å². The van der Waals surface area contributed by atoms with Gasteiger partial charge in [-0.2, -0.15) is 0 Å².